The van der Waals surface area contributed by atoms with E-state index in [-0.39, 0.29) is 17.1 Å². The number of amides is 1. The Morgan fingerprint density at radius 1 is 1.31 bits per heavy atom. The maximum Gasteiger partial charge on any atom is 0.260 e. The molecule has 0 aliphatic carbocycles. The number of rotatable bonds is 7. The third kappa shape index (κ3) is 4.71. The first-order valence-electron chi connectivity index (χ1n) is 8.14. The number of aromatic nitrogens is 3. The Hall–Kier alpha value is -2.57. The van der Waals surface area contributed by atoms with Crippen LogP contribution in [-0.4, -0.2) is 41.9 Å². The number of carbonyl (C=O) groups is 1. The molecular weight excluding hydrogens is 448 g/mol. The van der Waals surface area contributed by atoms with E-state index in [9.17, 15) is 22.0 Å². The number of fused-ring (bicyclic) bond motifs is 1. The van der Waals surface area contributed by atoms with Crippen molar-refractivity contribution in [3.05, 3.63) is 45.4 Å². The van der Waals surface area contributed by atoms with Crippen LogP contribution in [-0.2, 0) is 10.0 Å². The van der Waals surface area contributed by atoms with Crippen LogP contribution in [0.25, 0.3) is 11.0 Å². The zero-order chi connectivity index (χ0) is 21.2. The van der Waals surface area contributed by atoms with Gasteiger partial charge < -0.3 is 5.32 Å². The molecule has 0 aliphatic rings. The number of anilines is 2. The topological polar surface area (TPSA) is 120 Å². The summed E-state index contributed by atoms with van der Waals surface area (Å²) in [7, 11) is -3.99. The highest BCUT2D eigenvalue weighted by Crippen LogP contribution is 2.28. The summed E-state index contributed by atoms with van der Waals surface area (Å²) < 4.78 is 53.2. The van der Waals surface area contributed by atoms with Gasteiger partial charge in [0.05, 0.1) is 46.0 Å². The van der Waals surface area contributed by atoms with Gasteiger partial charge in [0.1, 0.15) is 4.64 Å². The summed E-state index contributed by atoms with van der Waals surface area (Å²) in [4.78, 5) is 16.6. The van der Waals surface area contributed by atoms with Gasteiger partial charge in [0.25, 0.3) is 5.91 Å². The van der Waals surface area contributed by atoms with E-state index in [4.69, 9.17) is 23.8 Å². The molecule has 0 spiro atoms. The molecule has 8 nitrogen and oxygen atoms in total. The van der Waals surface area contributed by atoms with Gasteiger partial charge in [-0.2, -0.15) is 0 Å². The minimum Gasteiger partial charge on any atom is -0.320 e. The predicted octanol–water partition coefficient (Wildman–Crippen LogP) is 3.77. The van der Waals surface area contributed by atoms with Crippen molar-refractivity contribution in [2.75, 3.05) is 22.5 Å². The fourth-order valence-electron chi connectivity index (χ4n) is 2.49. The monoisotopic (exact) mass is 461 g/mol. The van der Waals surface area contributed by atoms with Gasteiger partial charge in [0.15, 0.2) is 11.5 Å². The van der Waals surface area contributed by atoms with E-state index in [1.165, 1.54) is 18.3 Å². The summed E-state index contributed by atoms with van der Waals surface area (Å²) in [6.07, 6.45) is 1.09. The molecule has 0 saturated heterocycles. The zero-order valence-electron chi connectivity index (χ0n) is 14.6. The molecule has 3 rings (SSSR count). The first kappa shape index (κ1) is 21.1. The van der Waals surface area contributed by atoms with E-state index >= 15 is 0 Å². The Balaban J connectivity index is 1.89. The van der Waals surface area contributed by atoms with Gasteiger partial charge in [-0.05, 0) is 24.6 Å². The lowest BCUT2D eigenvalue weighted by Crippen LogP contribution is -2.20. The van der Waals surface area contributed by atoms with Crippen LogP contribution < -0.4 is 10.0 Å². The van der Waals surface area contributed by atoms with Crippen LogP contribution in [0.3, 0.4) is 0 Å². The molecule has 1 aromatic carbocycles. The van der Waals surface area contributed by atoms with E-state index in [1.54, 1.807) is 0 Å². The Morgan fingerprint density at radius 3 is 2.79 bits per heavy atom. The molecule has 2 heterocycles. The SMILES string of the molecule is O=C(Nc1cnc2[nH][nH]c(=S)c2c1)c1c(Cl)ccc(NS(=O)(=O)CCCF)c1F. The third-order valence-corrected chi connectivity index (χ3v) is 5.81. The van der Waals surface area contributed by atoms with Crippen LogP contribution in [0.1, 0.15) is 16.8 Å². The number of nitrogens with zero attached hydrogens (tertiary/aromatic N) is 1. The number of hydrogen-bond donors (Lipinski definition) is 4. The van der Waals surface area contributed by atoms with Gasteiger partial charge in [0, 0.05) is 0 Å². The molecule has 3 aromatic rings. The summed E-state index contributed by atoms with van der Waals surface area (Å²) in [5.41, 5.74) is -0.329. The van der Waals surface area contributed by atoms with E-state index in [0.29, 0.717) is 15.7 Å². The molecule has 2 aromatic heterocycles. The average Bonchev–Trinajstić information content (AvgIpc) is 3.03. The quantitative estimate of drug-likeness (QED) is 0.399. The lowest BCUT2D eigenvalue weighted by atomic mass is 10.1. The van der Waals surface area contributed by atoms with Crippen molar-refractivity contribution >= 4 is 62.2 Å². The summed E-state index contributed by atoms with van der Waals surface area (Å²) in [6.45, 7) is -0.832. The summed E-state index contributed by atoms with van der Waals surface area (Å²) in [5, 5.41) is 8.20. The molecule has 0 aliphatic heterocycles. The molecule has 154 valence electrons. The van der Waals surface area contributed by atoms with Crippen LogP contribution in [0, 0.1) is 10.5 Å². The van der Waals surface area contributed by atoms with Crippen molar-refractivity contribution in [3.63, 3.8) is 0 Å². The van der Waals surface area contributed by atoms with Crippen molar-refractivity contribution < 1.29 is 22.0 Å². The molecule has 0 saturated carbocycles. The molecule has 0 bridgehead atoms. The summed E-state index contributed by atoms with van der Waals surface area (Å²) >= 11 is 11.0. The number of carbonyl (C=O) groups excluding carboxylic acids is 1. The van der Waals surface area contributed by atoms with E-state index < -0.39 is 45.4 Å². The van der Waals surface area contributed by atoms with E-state index in [0.717, 1.165) is 6.07 Å². The van der Waals surface area contributed by atoms with Crippen molar-refractivity contribution in [1.82, 2.24) is 15.2 Å². The van der Waals surface area contributed by atoms with Crippen LogP contribution >= 0.6 is 23.8 Å². The minimum absolute atomic E-state index is 0.223. The van der Waals surface area contributed by atoms with E-state index in [1.807, 2.05) is 4.72 Å². The van der Waals surface area contributed by atoms with Crippen LogP contribution in [0.5, 0.6) is 0 Å². The van der Waals surface area contributed by atoms with Crippen molar-refractivity contribution in [1.29, 1.82) is 0 Å². The second-order valence-electron chi connectivity index (χ2n) is 5.90. The molecule has 0 radical (unpaired) electrons. The maximum atomic E-state index is 14.8. The third-order valence-electron chi connectivity index (χ3n) is 3.81. The lowest BCUT2D eigenvalue weighted by molar-refractivity contribution is 0.102. The van der Waals surface area contributed by atoms with Crippen molar-refractivity contribution in [2.45, 2.75) is 6.42 Å². The van der Waals surface area contributed by atoms with Gasteiger partial charge >= 0.3 is 0 Å². The van der Waals surface area contributed by atoms with Crippen LogP contribution in [0.4, 0.5) is 20.2 Å². The Labute approximate surface area is 173 Å². The second-order valence-corrected chi connectivity index (χ2v) is 8.56. The van der Waals surface area contributed by atoms with Gasteiger partial charge in [-0.25, -0.2) is 17.8 Å². The van der Waals surface area contributed by atoms with Crippen molar-refractivity contribution in [3.8, 4) is 0 Å². The second kappa shape index (κ2) is 8.43. The number of sulfonamides is 1. The van der Waals surface area contributed by atoms with Gasteiger partial charge in [-0.1, -0.05) is 23.8 Å². The Kier molecular flexibility index (Phi) is 6.15. The van der Waals surface area contributed by atoms with Gasteiger partial charge in [-0.15, -0.1) is 0 Å². The lowest BCUT2D eigenvalue weighted by Gasteiger charge is -2.13. The van der Waals surface area contributed by atoms with Gasteiger partial charge in [-0.3, -0.25) is 24.1 Å². The highest BCUT2D eigenvalue weighted by atomic mass is 35.5. The molecule has 4 N–H and O–H groups in total. The molecule has 1 amide bonds. The molecule has 0 atom stereocenters. The maximum absolute atomic E-state index is 14.8. The summed E-state index contributed by atoms with van der Waals surface area (Å²) in [6, 6.07) is 3.79. The summed E-state index contributed by atoms with van der Waals surface area (Å²) in [5.74, 6) is -2.61. The zero-order valence-corrected chi connectivity index (χ0v) is 16.9. The standard InChI is InChI=1S/C16H14ClF2N5O3S2/c17-10-2-3-11(24-29(26,27)5-1-4-18)13(19)12(10)15(25)21-8-6-9-14(20-7-8)22-23-16(9)28/h2-3,6-7,24H,1,4-5H2,(H,21,25)(H2,20,22,23,28). The molecule has 0 fully saturated rings. The Morgan fingerprint density at radius 2 is 2.07 bits per heavy atom. The first-order valence-corrected chi connectivity index (χ1v) is 10.6. The predicted molar refractivity (Wildman–Crippen MR) is 109 cm³/mol. The number of pyridine rings is 1. The highest BCUT2D eigenvalue weighted by molar-refractivity contribution is 7.92. The smallest absolute Gasteiger partial charge is 0.260 e. The van der Waals surface area contributed by atoms with E-state index in [2.05, 4.69) is 20.5 Å². The molecule has 13 heteroatoms. The number of hydrogen-bond acceptors (Lipinski definition) is 5. The fourth-order valence-corrected chi connectivity index (χ4v) is 4.01. The largest absolute Gasteiger partial charge is 0.320 e. The van der Waals surface area contributed by atoms with Crippen LogP contribution in [0.2, 0.25) is 5.02 Å². The van der Waals surface area contributed by atoms with Crippen molar-refractivity contribution in [2.24, 2.45) is 0 Å². The number of nitrogens with one attached hydrogen (secondary N) is 4. The van der Waals surface area contributed by atoms with Gasteiger partial charge in [0.2, 0.25) is 10.0 Å². The number of aromatic amines is 2. The number of H-pyrrole nitrogens is 2. The van der Waals surface area contributed by atoms with Crippen LogP contribution in [0.15, 0.2) is 24.4 Å². The first-order chi connectivity index (χ1) is 13.7. The molecular formula is C16H14ClF2N5O3S2. The minimum atomic E-state index is -3.99. The Bertz CT molecular complexity index is 1240. The fraction of sp³-hybridized carbons (Fsp3) is 0.188. The normalized spacial score (nSPS) is 11.6. The average molecular weight is 462 g/mol. The molecule has 0 unspecified atom stereocenters. The number of alkyl halides is 1. The highest BCUT2D eigenvalue weighted by Gasteiger charge is 2.22. The number of halogens is 3. The molecule has 29 heavy (non-hydrogen) atoms. The number of benzene rings is 1.